The molecule has 0 bridgehead atoms. The van der Waals surface area contributed by atoms with Gasteiger partial charge in [-0.1, -0.05) is 32.0 Å². The number of hydrogen-bond acceptors (Lipinski definition) is 3. The highest BCUT2D eigenvalue weighted by Crippen LogP contribution is 2.26. The van der Waals surface area contributed by atoms with Gasteiger partial charge in [-0.05, 0) is 24.8 Å². The highest BCUT2D eigenvalue weighted by atomic mass is 16.5. The standard InChI is InChI=1S/C16H24N2O/c1-13(14-8-5-6-9-15(14)19-4)18-12-16(2,3)10-7-11-17/h5-6,8-9,13,18H,7,10,12H2,1-4H3. The van der Waals surface area contributed by atoms with Crippen LogP contribution in [0.15, 0.2) is 24.3 Å². The zero-order chi connectivity index (χ0) is 14.3. The van der Waals surface area contributed by atoms with Crippen molar-refractivity contribution in [2.24, 2.45) is 5.41 Å². The van der Waals surface area contributed by atoms with Crippen LogP contribution in [0.5, 0.6) is 5.75 Å². The van der Waals surface area contributed by atoms with Crippen LogP contribution in [0.1, 0.15) is 45.2 Å². The van der Waals surface area contributed by atoms with Gasteiger partial charge in [-0.25, -0.2) is 0 Å². The molecule has 0 fully saturated rings. The van der Waals surface area contributed by atoms with Crippen LogP contribution in [0.2, 0.25) is 0 Å². The van der Waals surface area contributed by atoms with Crippen LogP contribution in [-0.4, -0.2) is 13.7 Å². The molecular weight excluding hydrogens is 236 g/mol. The average Bonchev–Trinajstić information content (AvgIpc) is 2.42. The Hall–Kier alpha value is -1.53. The summed E-state index contributed by atoms with van der Waals surface area (Å²) in [7, 11) is 1.70. The SMILES string of the molecule is COc1ccccc1C(C)NCC(C)(C)CCC#N. The number of rotatable bonds is 7. The molecule has 1 atom stereocenters. The fourth-order valence-corrected chi connectivity index (χ4v) is 2.05. The molecule has 1 rings (SSSR count). The lowest BCUT2D eigenvalue weighted by atomic mass is 9.87. The summed E-state index contributed by atoms with van der Waals surface area (Å²) in [6, 6.07) is 10.5. The van der Waals surface area contributed by atoms with E-state index in [-0.39, 0.29) is 11.5 Å². The first-order valence-electron chi connectivity index (χ1n) is 6.73. The second-order valence-corrected chi connectivity index (χ2v) is 5.67. The first-order chi connectivity index (χ1) is 9.00. The lowest BCUT2D eigenvalue weighted by Gasteiger charge is -2.27. The van der Waals surface area contributed by atoms with E-state index in [0.717, 1.165) is 18.7 Å². The van der Waals surface area contributed by atoms with Gasteiger partial charge in [0.05, 0.1) is 13.2 Å². The van der Waals surface area contributed by atoms with Gasteiger partial charge >= 0.3 is 0 Å². The first-order valence-corrected chi connectivity index (χ1v) is 6.73. The van der Waals surface area contributed by atoms with Crippen molar-refractivity contribution in [1.29, 1.82) is 5.26 Å². The van der Waals surface area contributed by atoms with Gasteiger partial charge in [0.15, 0.2) is 0 Å². The fraction of sp³-hybridized carbons (Fsp3) is 0.562. The Balaban J connectivity index is 2.60. The summed E-state index contributed by atoms with van der Waals surface area (Å²) >= 11 is 0. The minimum atomic E-state index is 0.131. The van der Waals surface area contributed by atoms with E-state index in [2.05, 4.69) is 38.2 Å². The van der Waals surface area contributed by atoms with E-state index < -0.39 is 0 Å². The smallest absolute Gasteiger partial charge is 0.123 e. The molecule has 0 saturated heterocycles. The fourth-order valence-electron chi connectivity index (χ4n) is 2.05. The van der Waals surface area contributed by atoms with Crippen molar-refractivity contribution in [3.05, 3.63) is 29.8 Å². The molecule has 104 valence electrons. The van der Waals surface area contributed by atoms with Crippen molar-refractivity contribution in [1.82, 2.24) is 5.32 Å². The van der Waals surface area contributed by atoms with E-state index in [0.29, 0.717) is 6.42 Å². The number of benzene rings is 1. The predicted molar refractivity (Wildman–Crippen MR) is 78.0 cm³/mol. The zero-order valence-electron chi connectivity index (χ0n) is 12.4. The summed E-state index contributed by atoms with van der Waals surface area (Å²) in [5, 5.41) is 12.2. The maximum atomic E-state index is 8.67. The quantitative estimate of drug-likeness (QED) is 0.813. The summed E-state index contributed by atoms with van der Waals surface area (Å²) in [4.78, 5) is 0. The van der Waals surface area contributed by atoms with Gasteiger partial charge < -0.3 is 10.1 Å². The van der Waals surface area contributed by atoms with Crippen molar-refractivity contribution in [2.75, 3.05) is 13.7 Å². The van der Waals surface area contributed by atoms with Crippen LogP contribution in [0, 0.1) is 16.7 Å². The summed E-state index contributed by atoms with van der Waals surface area (Å²) in [5.41, 5.74) is 1.30. The Bertz CT molecular complexity index is 435. The van der Waals surface area contributed by atoms with Crippen LogP contribution >= 0.6 is 0 Å². The van der Waals surface area contributed by atoms with Gasteiger partial charge in [-0.2, -0.15) is 5.26 Å². The zero-order valence-corrected chi connectivity index (χ0v) is 12.4. The minimum absolute atomic E-state index is 0.131. The van der Waals surface area contributed by atoms with Gasteiger partial charge in [0.2, 0.25) is 0 Å². The van der Waals surface area contributed by atoms with E-state index in [1.807, 2.05) is 18.2 Å². The largest absolute Gasteiger partial charge is 0.496 e. The molecular formula is C16H24N2O. The van der Waals surface area contributed by atoms with Crippen molar-refractivity contribution in [2.45, 2.75) is 39.7 Å². The number of methoxy groups -OCH3 is 1. The molecule has 0 spiro atoms. The summed E-state index contributed by atoms with van der Waals surface area (Å²) in [6.45, 7) is 7.39. The molecule has 0 amide bonds. The van der Waals surface area contributed by atoms with Gasteiger partial charge in [-0.3, -0.25) is 0 Å². The number of hydrogen-bond donors (Lipinski definition) is 1. The van der Waals surface area contributed by atoms with Crippen LogP contribution < -0.4 is 10.1 Å². The third kappa shape index (κ3) is 4.92. The van der Waals surface area contributed by atoms with E-state index in [1.54, 1.807) is 7.11 Å². The lowest BCUT2D eigenvalue weighted by molar-refractivity contribution is 0.302. The Morgan fingerprint density at radius 2 is 2.05 bits per heavy atom. The highest BCUT2D eigenvalue weighted by Gasteiger charge is 2.19. The van der Waals surface area contributed by atoms with E-state index in [9.17, 15) is 0 Å². The highest BCUT2D eigenvalue weighted by molar-refractivity contribution is 5.35. The Morgan fingerprint density at radius 3 is 2.68 bits per heavy atom. The monoisotopic (exact) mass is 260 g/mol. The van der Waals surface area contributed by atoms with Crippen LogP contribution in [0.4, 0.5) is 0 Å². The van der Waals surface area contributed by atoms with Crippen molar-refractivity contribution in [3.8, 4) is 11.8 Å². The number of nitrogens with zero attached hydrogens (tertiary/aromatic N) is 1. The number of nitriles is 1. The van der Waals surface area contributed by atoms with E-state index in [4.69, 9.17) is 10.00 Å². The van der Waals surface area contributed by atoms with Crippen molar-refractivity contribution >= 4 is 0 Å². The normalized spacial score (nSPS) is 12.8. The molecule has 0 heterocycles. The molecule has 0 radical (unpaired) electrons. The van der Waals surface area contributed by atoms with E-state index in [1.165, 1.54) is 5.56 Å². The minimum Gasteiger partial charge on any atom is -0.496 e. The third-order valence-corrected chi connectivity index (χ3v) is 3.41. The van der Waals surface area contributed by atoms with Crippen LogP contribution in [0.25, 0.3) is 0 Å². The molecule has 0 aliphatic heterocycles. The molecule has 1 N–H and O–H groups in total. The second kappa shape index (κ2) is 7.16. The molecule has 1 unspecified atom stereocenters. The second-order valence-electron chi connectivity index (χ2n) is 5.67. The molecule has 0 saturated carbocycles. The predicted octanol–water partition coefficient (Wildman–Crippen LogP) is 3.68. The van der Waals surface area contributed by atoms with Gasteiger partial charge in [0.1, 0.15) is 5.75 Å². The van der Waals surface area contributed by atoms with Gasteiger partial charge in [-0.15, -0.1) is 0 Å². The molecule has 3 heteroatoms. The Kier molecular flexibility index (Phi) is 5.85. The Morgan fingerprint density at radius 1 is 1.37 bits per heavy atom. The topological polar surface area (TPSA) is 45.0 Å². The van der Waals surface area contributed by atoms with Crippen LogP contribution in [0.3, 0.4) is 0 Å². The van der Waals surface area contributed by atoms with Crippen molar-refractivity contribution < 1.29 is 4.74 Å². The lowest BCUT2D eigenvalue weighted by Crippen LogP contribution is -2.31. The van der Waals surface area contributed by atoms with Crippen molar-refractivity contribution in [3.63, 3.8) is 0 Å². The maximum Gasteiger partial charge on any atom is 0.123 e. The molecule has 0 aliphatic carbocycles. The van der Waals surface area contributed by atoms with E-state index >= 15 is 0 Å². The molecule has 3 nitrogen and oxygen atoms in total. The summed E-state index contributed by atoms with van der Waals surface area (Å²) in [5.74, 6) is 0.914. The molecule has 19 heavy (non-hydrogen) atoms. The van der Waals surface area contributed by atoms with Gasteiger partial charge in [0, 0.05) is 24.6 Å². The van der Waals surface area contributed by atoms with Gasteiger partial charge in [0.25, 0.3) is 0 Å². The summed E-state index contributed by atoms with van der Waals surface area (Å²) in [6.07, 6.45) is 1.52. The molecule has 1 aromatic carbocycles. The number of nitrogens with one attached hydrogen (secondary N) is 1. The maximum absolute atomic E-state index is 8.67. The number of ether oxygens (including phenoxy) is 1. The number of para-hydroxylation sites is 1. The molecule has 0 aromatic heterocycles. The molecule has 0 aliphatic rings. The summed E-state index contributed by atoms with van der Waals surface area (Å²) < 4.78 is 5.38. The molecule has 1 aromatic rings. The first kappa shape index (κ1) is 15.5. The third-order valence-electron chi connectivity index (χ3n) is 3.41. The average molecular weight is 260 g/mol. The Labute approximate surface area is 116 Å². The van der Waals surface area contributed by atoms with Crippen LogP contribution in [-0.2, 0) is 0 Å².